The molecule has 4 rings (SSSR count). The van der Waals surface area contributed by atoms with Crippen molar-refractivity contribution in [3.63, 3.8) is 0 Å². The molecule has 2 heterocycles. The van der Waals surface area contributed by atoms with Gasteiger partial charge < -0.3 is 19.5 Å². The summed E-state index contributed by atoms with van der Waals surface area (Å²) in [7, 11) is 2.17. The molecule has 0 aliphatic carbocycles. The van der Waals surface area contributed by atoms with Crippen molar-refractivity contribution in [2.45, 2.75) is 33.4 Å². The van der Waals surface area contributed by atoms with Crippen molar-refractivity contribution in [2.75, 3.05) is 45.2 Å². The maximum absolute atomic E-state index is 12.4. The predicted molar refractivity (Wildman–Crippen MR) is 128 cm³/mol. The van der Waals surface area contributed by atoms with Crippen molar-refractivity contribution in [2.24, 2.45) is 0 Å². The Hall–Kier alpha value is -2.90. The maximum Gasteiger partial charge on any atom is 0.262 e. The molecule has 0 radical (unpaired) electrons. The molecule has 1 N–H and O–H groups in total. The number of imidazole rings is 1. The van der Waals surface area contributed by atoms with E-state index in [2.05, 4.69) is 39.7 Å². The second kappa shape index (κ2) is 10.1. The van der Waals surface area contributed by atoms with Gasteiger partial charge in [0.2, 0.25) is 0 Å². The average Bonchev–Trinajstić information content (AvgIpc) is 3.11. The van der Waals surface area contributed by atoms with Crippen molar-refractivity contribution < 1.29 is 9.53 Å². The lowest BCUT2D eigenvalue weighted by Crippen LogP contribution is -2.44. The van der Waals surface area contributed by atoms with Crippen LogP contribution >= 0.6 is 0 Å². The number of ether oxygens (including phenoxy) is 1. The van der Waals surface area contributed by atoms with Crippen LogP contribution in [0.5, 0.6) is 5.75 Å². The van der Waals surface area contributed by atoms with Gasteiger partial charge in [-0.25, -0.2) is 4.98 Å². The van der Waals surface area contributed by atoms with Gasteiger partial charge in [-0.2, -0.15) is 0 Å². The Morgan fingerprint density at radius 1 is 1.09 bits per heavy atom. The van der Waals surface area contributed by atoms with Gasteiger partial charge in [-0.05, 0) is 50.7 Å². The molecule has 7 heteroatoms. The van der Waals surface area contributed by atoms with Crippen LogP contribution in [0.2, 0.25) is 0 Å². The first-order valence-corrected chi connectivity index (χ1v) is 11.4. The van der Waals surface area contributed by atoms with E-state index in [9.17, 15) is 4.79 Å². The Morgan fingerprint density at radius 3 is 2.56 bits per heavy atom. The number of benzene rings is 2. The van der Waals surface area contributed by atoms with Crippen molar-refractivity contribution >= 4 is 22.6 Å². The molecule has 0 bridgehead atoms. The first-order valence-electron chi connectivity index (χ1n) is 11.4. The zero-order valence-electron chi connectivity index (χ0n) is 19.3. The van der Waals surface area contributed by atoms with E-state index in [0.717, 1.165) is 73.8 Å². The number of rotatable bonds is 8. The number of nitrogens with one attached hydrogen (secondary N) is 1. The van der Waals surface area contributed by atoms with E-state index in [-0.39, 0.29) is 12.5 Å². The zero-order valence-corrected chi connectivity index (χ0v) is 19.3. The molecule has 3 aromatic rings. The van der Waals surface area contributed by atoms with Gasteiger partial charge >= 0.3 is 0 Å². The maximum atomic E-state index is 12.4. The summed E-state index contributed by atoms with van der Waals surface area (Å²) in [5.74, 6) is 1.60. The van der Waals surface area contributed by atoms with Crippen LogP contribution in [0.3, 0.4) is 0 Å². The summed E-state index contributed by atoms with van der Waals surface area (Å²) in [5.41, 5.74) is 3.93. The molecule has 0 saturated carbocycles. The summed E-state index contributed by atoms with van der Waals surface area (Å²) in [6, 6.07) is 13.6. The minimum Gasteiger partial charge on any atom is -0.484 e. The molecule has 170 valence electrons. The number of likely N-dealkylation sites (N-methyl/N-ethyl adjacent to an activating group) is 1. The monoisotopic (exact) mass is 435 g/mol. The van der Waals surface area contributed by atoms with E-state index < -0.39 is 0 Å². The number of hydrogen-bond donors (Lipinski definition) is 1. The third-order valence-corrected chi connectivity index (χ3v) is 5.91. The molecule has 0 spiro atoms. The van der Waals surface area contributed by atoms with Gasteiger partial charge in [0.1, 0.15) is 11.6 Å². The largest absolute Gasteiger partial charge is 0.484 e. The number of piperazine rings is 1. The van der Waals surface area contributed by atoms with Gasteiger partial charge in [0.15, 0.2) is 6.61 Å². The molecule has 1 aliphatic heterocycles. The van der Waals surface area contributed by atoms with Crippen LogP contribution in [-0.4, -0.2) is 65.1 Å². The fraction of sp³-hybridized carbons (Fsp3) is 0.440. The van der Waals surface area contributed by atoms with E-state index in [0.29, 0.717) is 5.75 Å². The average molecular weight is 436 g/mol. The molecule has 1 aliphatic rings. The standard InChI is InChI=1S/C25H33N5O2/c1-4-11-30-23-10-7-20(26-25(31)18-32-21-8-5-19(2)6-9-21)16-22(23)27-24(30)17-29-14-12-28(3)13-15-29/h5-10,16H,4,11-15,17-18H2,1-3H3,(H,26,31). The normalized spacial score (nSPS) is 15.2. The van der Waals surface area contributed by atoms with Crippen LogP contribution in [-0.2, 0) is 17.9 Å². The van der Waals surface area contributed by atoms with Crippen LogP contribution in [0.4, 0.5) is 5.69 Å². The first-order chi connectivity index (χ1) is 15.5. The fourth-order valence-electron chi connectivity index (χ4n) is 4.04. The molecule has 0 unspecified atom stereocenters. The Balaban J connectivity index is 1.44. The minimum atomic E-state index is -0.185. The Morgan fingerprint density at radius 2 is 1.84 bits per heavy atom. The highest BCUT2D eigenvalue weighted by Gasteiger charge is 2.18. The summed E-state index contributed by atoms with van der Waals surface area (Å²) in [6.07, 6.45) is 1.05. The number of amides is 1. The molecule has 7 nitrogen and oxygen atoms in total. The van der Waals surface area contributed by atoms with E-state index >= 15 is 0 Å². The Kier molecular flexibility index (Phi) is 7.07. The zero-order chi connectivity index (χ0) is 22.5. The third kappa shape index (κ3) is 5.47. The van der Waals surface area contributed by atoms with Gasteiger partial charge in [-0.15, -0.1) is 0 Å². The summed E-state index contributed by atoms with van der Waals surface area (Å²) in [5, 5.41) is 2.93. The first kappa shape index (κ1) is 22.3. The van der Waals surface area contributed by atoms with Gasteiger partial charge in [0.25, 0.3) is 5.91 Å². The third-order valence-electron chi connectivity index (χ3n) is 5.91. The number of carbonyl (C=O) groups is 1. The van der Waals surface area contributed by atoms with E-state index in [1.165, 1.54) is 0 Å². The molecule has 2 aromatic carbocycles. The molecule has 32 heavy (non-hydrogen) atoms. The van der Waals surface area contributed by atoms with Crippen molar-refractivity contribution in [1.82, 2.24) is 19.4 Å². The van der Waals surface area contributed by atoms with E-state index in [1.807, 2.05) is 43.3 Å². The second-order valence-corrected chi connectivity index (χ2v) is 8.61. The molecule has 1 fully saturated rings. The molecule has 1 amide bonds. The summed E-state index contributed by atoms with van der Waals surface area (Å²) in [6.45, 7) is 10.3. The Labute approximate surface area is 190 Å². The number of nitrogens with zero attached hydrogens (tertiary/aromatic N) is 4. The SMILES string of the molecule is CCCn1c(CN2CCN(C)CC2)nc2cc(NC(=O)COc3ccc(C)cc3)ccc21. The minimum absolute atomic E-state index is 0.0277. The highest BCUT2D eigenvalue weighted by atomic mass is 16.5. The molecular formula is C25H33N5O2. The smallest absolute Gasteiger partial charge is 0.262 e. The number of aryl methyl sites for hydroxylation is 2. The molecule has 1 aromatic heterocycles. The van der Waals surface area contributed by atoms with E-state index in [4.69, 9.17) is 9.72 Å². The van der Waals surface area contributed by atoms with Gasteiger partial charge in [0, 0.05) is 38.4 Å². The summed E-state index contributed by atoms with van der Waals surface area (Å²) < 4.78 is 7.91. The van der Waals surface area contributed by atoms with Gasteiger partial charge in [-0.3, -0.25) is 9.69 Å². The Bertz CT molecular complexity index is 1050. The van der Waals surface area contributed by atoms with Crippen LogP contribution < -0.4 is 10.1 Å². The summed E-state index contributed by atoms with van der Waals surface area (Å²) in [4.78, 5) is 22.2. The van der Waals surface area contributed by atoms with Crippen molar-refractivity contribution in [1.29, 1.82) is 0 Å². The number of aromatic nitrogens is 2. The number of carbonyl (C=O) groups excluding carboxylic acids is 1. The van der Waals surface area contributed by atoms with Gasteiger partial charge in [0.05, 0.1) is 17.6 Å². The molecule has 0 atom stereocenters. The summed E-state index contributed by atoms with van der Waals surface area (Å²) >= 11 is 0. The number of anilines is 1. The highest BCUT2D eigenvalue weighted by molar-refractivity contribution is 5.94. The quantitative estimate of drug-likeness (QED) is 0.587. The number of hydrogen-bond acceptors (Lipinski definition) is 5. The fourth-order valence-corrected chi connectivity index (χ4v) is 4.04. The van der Waals surface area contributed by atoms with Crippen LogP contribution in [0, 0.1) is 6.92 Å². The van der Waals surface area contributed by atoms with Crippen LogP contribution in [0.1, 0.15) is 24.7 Å². The lowest BCUT2D eigenvalue weighted by molar-refractivity contribution is -0.118. The lowest BCUT2D eigenvalue weighted by atomic mass is 10.2. The van der Waals surface area contributed by atoms with E-state index in [1.54, 1.807) is 0 Å². The van der Waals surface area contributed by atoms with Crippen molar-refractivity contribution in [3.8, 4) is 5.75 Å². The number of fused-ring (bicyclic) bond motifs is 1. The van der Waals surface area contributed by atoms with Crippen LogP contribution in [0.25, 0.3) is 11.0 Å². The lowest BCUT2D eigenvalue weighted by Gasteiger charge is -2.32. The second-order valence-electron chi connectivity index (χ2n) is 8.61. The topological polar surface area (TPSA) is 62.6 Å². The predicted octanol–water partition coefficient (Wildman–Crippen LogP) is 3.52. The highest BCUT2D eigenvalue weighted by Crippen LogP contribution is 2.22. The van der Waals surface area contributed by atoms with Gasteiger partial charge in [-0.1, -0.05) is 24.6 Å². The van der Waals surface area contributed by atoms with Crippen molar-refractivity contribution in [3.05, 3.63) is 53.9 Å². The van der Waals surface area contributed by atoms with Crippen LogP contribution in [0.15, 0.2) is 42.5 Å². The molecular weight excluding hydrogens is 402 g/mol. The molecule has 1 saturated heterocycles.